The predicted molar refractivity (Wildman–Crippen MR) is 131 cm³/mol. The molecule has 4 aromatic heterocycles. The number of hydrogen-bond donors (Lipinski definition) is 0. The van der Waals surface area contributed by atoms with Crippen LogP contribution in [0.25, 0.3) is 28.1 Å². The highest BCUT2D eigenvalue weighted by atomic mass is 35.5. The van der Waals surface area contributed by atoms with Gasteiger partial charge in [0.05, 0.1) is 28.0 Å². The highest BCUT2D eigenvalue weighted by molar-refractivity contribution is 6.31. The highest BCUT2D eigenvalue weighted by Crippen LogP contribution is 2.45. The molecule has 1 aromatic carbocycles. The number of aromatic nitrogens is 10. The van der Waals surface area contributed by atoms with Crippen molar-refractivity contribution in [2.75, 3.05) is 0 Å². The summed E-state index contributed by atoms with van der Waals surface area (Å²) in [5.74, 6) is -0.451. The van der Waals surface area contributed by atoms with Crippen molar-refractivity contribution >= 4 is 11.6 Å². The summed E-state index contributed by atoms with van der Waals surface area (Å²) in [4.78, 5) is 0. The molecule has 2 unspecified atom stereocenters. The molecule has 6 rings (SSSR count). The number of benzene rings is 1. The first kappa shape index (κ1) is 24.1. The number of halogens is 3. The number of aryl methyl sites for hydroxylation is 1. The van der Waals surface area contributed by atoms with Crippen LogP contribution in [0.4, 0.5) is 8.78 Å². The molecule has 0 aliphatic heterocycles. The van der Waals surface area contributed by atoms with Crippen molar-refractivity contribution in [3.05, 3.63) is 76.9 Å². The molecule has 0 saturated heterocycles. The number of tetrazole rings is 1. The molecular weight excluding hydrogens is 518 g/mol. The second-order valence-electron chi connectivity index (χ2n) is 9.46. The van der Waals surface area contributed by atoms with Gasteiger partial charge in [-0.25, -0.2) is 9.07 Å². The summed E-state index contributed by atoms with van der Waals surface area (Å²) in [6.07, 6.45) is 7.54. The van der Waals surface area contributed by atoms with Gasteiger partial charge in [0.1, 0.15) is 18.1 Å². The van der Waals surface area contributed by atoms with E-state index in [0.29, 0.717) is 45.5 Å². The monoisotopic (exact) mass is 538 g/mol. The second kappa shape index (κ2) is 9.24. The Morgan fingerprint density at radius 2 is 2.00 bits per heavy atom. The molecule has 0 N–H and O–H groups in total. The fourth-order valence-corrected chi connectivity index (χ4v) is 4.98. The third kappa shape index (κ3) is 4.18. The summed E-state index contributed by atoms with van der Waals surface area (Å²) >= 11 is 6.07. The zero-order chi connectivity index (χ0) is 26.6. The molecule has 4 heterocycles. The minimum absolute atomic E-state index is 0.0915. The smallest absolute Gasteiger partial charge is 0.260 e. The Bertz CT molecular complexity index is 1610. The van der Waals surface area contributed by atoms with Gasteiger partial charge < -0.3 is 5.21 Å². The number of pyridine rings is 1. The Balaban J connectivity index is 1.41. The first-order valence-electron chi connectivity index (χ1n) is 11.9. The van der Waals surface area contributed by atoms with E-state index in [4.69, 9.17) is 11.6 Å². The van der Waals surface area contributed by atoms with Gasteiger partial charge in [0.25, 0.3) is 5.95 Å². The average Bonchev–Trinajstić information content (AvgIpc) is 3.33. The minimum Gasteiger partial charge on any atom is -0.618 e. The van der Waals surface area contributed by atoms with Crippen molar-refractivity contribution in [3.8, 4) is 28.1 Å². The van der Waals surface area contributed by atoms with Gasteiger partial charge in [-0.1, -0.05) is 28.8 Å². The van der Waals surface area contributed by atoms with Gasteiger partial charge in [-0.15, -0.1) is 5.10 Å². The standard InChI is InChI=1S/C24H21ClF2N10O/c1-13-7-15(13)8-20(35-10-16(9-29-35)23-24(27)30-32-34(23)2)18-5-3-14(11-37(18)38)21-19(36-12-28-31-33-36)6-4-17(25)22(21)26/h3-6,9-13,15,20H,7-8H2,1-2H3/t13?,15?,20-/m0/s1. The van der Waals surface area contributed by atoms with Crippen molar-refractivity contribution in [1.82, 2.24) is 45.0 Å². The lowest BCUT2D eigenvalue weighted by molar-refractivity contribution is -0.615. The van der Waals surface area contributed by atoms with Crippen molar-refractivity contribution < 1.29 is 13.5 Å². The number of hydrogen-bond acceptors (Lipinski definition) is 7. The lowest BCUT2D eigenvalue weighted by atomic mass is 10.0. The molecule has 38 heavy (non-hydrogen) atoms. The molecule has 5 aromatic rings. The predicted octanol–water partition coefficient (Wildman–Crippen LogP) is 3.52. The summed E-state index contributed by atoms with van der Waals surface area (Å²) in [5, 5.41) is 36.0. The quantitative estimate of drug-likeness (QED) is 0.230. The van der Waals surface area contributed by atoms with E-state index in [9.17, 15) is 9.60 Å². The lowest BCUT2D eigenvalue weighted by Crippen LogP contribution is -2.35. The van der Waals surface area contributed by atoms with Crippen molar-refractivity contribution in [2.45, 2.75) is 25.8 Å². The van der Waals surface area contributed by atoms with Crippen LogP contribution in [0.2, 0.25) is 5.02 Å². The Morgan fingerprint density at radius 3 is 2.66 bits per heavy atom. The van der Waals surface area contributed by atoms with Crippen LogP contribution in [0.1, 0.15) is 31.5 Å². The maximum absolute atomic E-state index is 15.2. The Labute approximate surface area is 219 Å². The largest absolute Gasteiger partial charge is 0.618 e. The van der Waals surface area contributed by atoms with E-state index in [2.05, 4.69) is 37.9 Å². The normalized spacial score (nSPS) is 17.6. The van der Waals surface area contributed by atoms with Crippen LogP contribution >= 0.6 is 11.6 Å². The Kier molecular flexibility index (Phi) is 5.86. The van der Waals surface area contributed by atoms with Crippen LogP contribution < -0.4 is 4.73 Å². The van der Waals surface area contributed by atoms with Crippen LogP contribution in [0.15, 0.2) is 49.2 Å². The lowest BCUT2D eigenvalue weighted by Gasteiger charge is -2.18. The molecular formula is C24H21ClF2N10O. The molecule has 1 fully saturated rings. The maximum atomic E-state index is 15.2. The molecule has 1 aliphatic carbocycles. The zero-order valence-corrected chi connectivity index (χ0v) is 21.0. The summed E-state index contributed by atoms with van der Waals surface area (Å²) in [6.45, 7) is 2.16. The Morgan fingerprint density at radius 1 is 1.18 bits per heavy atom. The van der Waals surface area contributed by atoms with Crippen LogP contribution in [0, 0.1) is 28.8 Å². The molecule has 1 saturated carbocycles. The van der Waals surface area contributed by atoms with Crippen molar-refractivity contribution in [2.24, 2.45) is 18.9 Å². The van der Waals surface area contributed by atoms with Crippen LogP contribution in [0.5, 0.6) is 0 Å². The Hall–Kier alpha value is -4.26. The van der Waals surface area contributed by atoms with Gasteiger partial charge in [0, 0.05) is 24.9 Å². The van der Waals surface area contributed by atoms with Gasteiger partial charge in [-0.3, -0.25) is 4.68 Å². The van der Waals surface area contributed by atoms with Crippen LogP contribution in [0.3, 0.4) is 0 Å². The number of rotatable bonds is 7. The van der Waals surface area contributed by atoms with Crippen molar-refractivity contribution in [1.29, 1.82) is 0 Å². The minimum atomic E-state index is -0.704. The summed E-state index contributed by atoms with van der Waals surface area (Å²) < 4.78 is 34.5. The van der Waals surface area contributed by atoms with Crippen LogP contribution in [-0.4, -0.2) is 45.0 Å². The van der Waals surface area contributed by atoms with E-state index in [-0.39, 0.29) is 16.3 Å². The molecule has 1 aliphatic rings. The van der Waals surface area contributed by atoms with Crippen molar-refractivity contribution in [3.63, 3.8) is 0 Å². The highest BCUT2D eigenvalue weighted by Gasteiger charge is 2.38. The molecule has 0 bridgehead atoms. The first-order valence-corrected chi connectivity index (χ1v) is 12.2. The topological polar surface area (TPSA) is 119 Å². The second-order valence-corrected chi connectivity index (χ2v) is 9.87. The third-order valence-corrected chi connectivity index (χ3v) is 7.32. The van der Waals surface area contributed by atoms with E-state index in [0.717, 1.165) is 6.42 Å². The molecule has 194 valence electrons. The SMILES string of the molecule is CC1CC1C[C@@H](c1ccc(-c2c(-n3cnnn3)ccc(Cl)c2F)c[n+]1[O-])n1cc(-c2c(F)nnn2C)cn1. The van der Waals surface area contributed by atoms with Gasteiger partial charge >= 0.3 is 0 Å². The van der Waals surface area contributed by atoms with E-state index in [1.165, 1.54) is 34.2 Å². The fourth-order valence-electron chi connectivity index (χ4n) is 4.82. The fraction of sp³-hybridized carbons (Fsp3) is 0.292. The summed E-state index contributed by atoms with van der Waals surface area (Å²) in [7, 11) is 1.59. The van der Waals surface area contributed by atoms with E-state index < -0.39 is 17.8 Å². The summed E-state index contributed by atoms with van der Waals surface area (Å²) in [6, 6.07) is 5.86. The van der Waals surface area contributed by atoms with E-state index >= 15 is 4.39 Å². The first-order chi connectivity index (χ1) is 18.3. The molecule has 11 nitrogen and oxygen atoms in total. The van der Waals surface area contributed by atoms with Gasteiger partial charge in [0.2, 0.25) is 5.69 Å². The average molecular weight is 539 g/mol. The molecule has 0 spiro atoms. The summed E-state index contributed by atoms with van der Waals surface area (Å²) in [5.41, 5.74) is 1.83. The molecule has 3 atom stereocenters. The molecule has 0 amide bonds. The maximum Gasteiger partial charge on any atom is 0.260 e. The van der Waals surface area contributed by atoms with E-state index in [1.807, 2.05) is 0 Å². The third-order valence-electron chi connectivity index (χ3n) is 7.03. The molecule has 0 radical (unpaired) electrons. The van der Waals surface area contributed by atoms with Gasteiger partial charge in [0.15, 0.2) is 12.0 Å². The van der Waals surface area contributed by atoms with Crippen LogP contribution in [-0.2, 0) is 7.05 Å². The van der Waals surface area contributed by atoms with Gasteiger partial charge in [-0.05, 0) is 53.3 Å². The van der Waals surface area contributed by atoms with Gasteiger partial charge in [-0.2, -0.15) is 18.9 Å². The molecule has 14 heteroatoms. The number of nitrogens with zero attached hydrogens (tertiary/aromatic N) is 10. The zero-order valence-electron chi connectivity index (χ0n) is 20.3. The van der Waals surface area contributed by atoms with E-state index in [1.54, 1.807) is 36.1 Å².